The van der Waals surface area contributed by atoms with E-state index in [1.54, 1.807) is 12.1 Å². The maximum atomic E-state index is 11.2. The molecule has 1 aromatic carbocycles. The summed E-state index contributed by atoms with van der Waals surface area (Å²) < 4.78 is 5.32. The molecule has 0 spiro atoms. The van der Waals surface area contributed by atoms with E-state index in [-0.39, 0.29) is 0 Å². The maximum absolute atomic E-state index is 11.2. The second-order valence-corrected chi connectivity index (χ2v) is 4.74. The van der Waals surface area contributed by atoms with Gasteiger partial charge in [-0.05, 0) is 37.3 Å². The number of aryl methyl sites for hydroxylation is 1. The number of hydrogen-bond acceptors (Lipinski definition) is 3. The molecule has 0 saturated carbocycles. The molecule has 4 nitrogen and oxygen atoms in total. The molecule has 0 atom stereocenters. The van der Waals surface area contributed by atoms with Crippen molar-refractivity contribution in [2.45, 2.75) is 19.8 Å². The van der Waals surface area contributed by atoms with Crippen LogP contribution in [0.25, 0.3) is 0 Å². The normalized spacial score (nSPS) is 16.5. The zero-order valence-corrected chi connectivity index (χ0v) is 10.6. The maximum Gasteiger partial charge on any atom is 0.337 e. The topological polar surface area (TPSA) is 58.6 Å². The second kappa shape index (κ2) is 5.87. The summed E-state index contributed by atoms with van der Waals surface area (Å²) in [5, 5.41) is 12.5. The number of hydrogen-bond donors (Lipinski definition) is 2. The van der Waals surface area contributed by atoms with E-state index in [0.717, 1.165) is 43.9 Å². The Kier molecular flexibility index (Phi) is 4.20. The third kappa shape index (κ3) is 3.01. The second-order valence-electron chi connectivity index (χ2n) is 4.74. The van der Waals surface area contributed by atoms with Crippen LogP contribution in [0.15, 0.2) is 18.2 Å². The van der Waals surface area contributed by atoms with Crippen LogP contribution in [0, 0.1) is 12.8 Å². The summed E-state index contributed by atoms with van der Waals surface area (Å²) in [6.45, 7) is 4.37. The van der Waals surface area contributed by atoms with Gasteiger partial charge in [-0.2, -0.15) is 0 Å². The number of carboxylic acid groups (broad SMARTS) is 1. The number of anilines is 1. The number of ether oxygens (including phenoxy) is 1. The van der Waals surface area contributed by atoms with Crippen LogP contribution in [0.1, 0.15) is 28.8 Å². The van der Waals surface area contributed by atoms with Crippen molar-refractivity contribution in [2.75, 3.05) is 25.1 Å². The number of nitrogens with one attached hydrogen (secondary N) is 1. The van der Waals surface area contributed by atoms with Crippen LogP contribution in [0.2, 0.25) is 0 Å². The van der Waals surface area contributed by atoms with E-state index in [1.807, 2.05) is 13.0 Å². The molecule has 0 bridgehead atoms. The zero-order chi connectivity index (χ0) is 13.0. The first-order valence-corrected chi connectivity index (χ1v) is 6.33. The molecule has 0 aliphatic carbocycles. The molecule has 18 heavy (non-hydrogen) atoms. The van der Waals surface area contributed by atoms with E-state index in [2.05, 4.69) is 5.32 Å². The SMILES string of the molecule is Cc1cccc(C(=O)O)c1NCC1CCOCC1. The summed E-state index contributed by atoms with van der Waals surface area (Å²) in [4.78, 5) is 11.2. The van der Waals surface area contributed by atoms with Crippen molar-refractivity contribution >= 4 is 11.7 Å². The van der Waals surface area contributed by atoms with Gasteiger partial charge in [0, 0.05) is 19.8 Å². The first kappa shape index (κ1) is 12.9. The van der Waals surface area contributed by atoms with Gasteiger partial charge in [-0.1, -0.05) is 12.1 Å². The Bertz CT molecular complexity index is 425. The van der Waals surface area contributed by atoms with Gasteiger partial charge in [0.2, 0.25) is 0 Å². The van der Waals surface area contributed by atoms with Crippen molar-refractivity contribution in [1.29, 1.82) is 0 Å². The lowest BCUT2D eigenvalue weighted by Crippen LogP contribution is -2.23. The smallest absolute Gasteiger partial charge is 0.337 e. The fraction of sp³-hybridized carbons (Fsp3) is 0.500. The van der Waals surface area contributed by atoms with E-state index in [4.69, 9.17) is 9.84 Å². The minimum absolute atomic E-state index is 0.349. The van der Waals surface area contributed by atoms with Gasteiger partial charge in [0.05, 0.1) is 11.3 Å². The Morgan fingerprint density at radius 2 is 2.17 bits per heavy atom. The molecular formula is C14H19NO3. The largest absolute Gasteiger partial charge is 0.478 e. The van der Waals surface area contributed by atoms with Gasteiger partial charge in [0.1, 0.15) is 0 Å². The molecule has 1 aliphatic rings. The number of aromatic carboxylic acids is 1. The molecule has 0 unspecified atom stereocenters. The van der Waals surface area contributed by atoms with Crippen molar-refractivity contribution in [2.24, 2.45) is 5.92 Å². The highest BCUT2D eigenvalue weighted by molar-refractivity contribution is 5.95. The molecule has 1 saturated heterocycles. The molecule has 1 aliphatic heterocycles. The van der Waals surface area contributed by atoms with Crippen LogP contribution < -0.4 is 5.32 Å². The summed E-state index contributed by atoms with van der Waals surface area (Å²) in [6.07, 6.45) is 2.09. The average molecular weight is 249 g/mol. The summed E-state index contributed by atoms with van der Waals surface area (Å²) >= 11 is 0. The van der Waals surface area contributed by atoms with Gasteiger partial charge in [0.15, 0.2) is 0 Å². The lowest BCUT2D eigenvalue weighted by Gasteiger charge is -2.23. The molecule has 4 heteroatoms. The summed E-state index contributed by atoms with van der Waals surface area (Å²) in [5.74, 6) is -0.312. The number of carboxylic acids is 1. The first-order chi connectivity index (χ1) is 8.68. The molecule has 2 N–H and O–H groups in total. The summed E-state index contributed by atoms with van der Waals surface area (Å²) in [6, 6.07) is 5.35. The fourth-order valence-corrected chi connectivity index (χ4v) is 2.28. The van der Waals surface area contributed by atoms with Crippen LogP contribution in [0.4, 0.5) is 5.69 Å². The lowest BCUT2D eigenvalue weighted by molar-refractivity contribution is 0.0689. The third-order valence-electron chi connectivity index (χ3n) is 3.41. The van der Waals surface area contributed by atoms with Crippen molar-refractivity contribution in [1.82, 2.24) is 0 Å². The quantitative estimate of drug-likeness (QED) is 0.861. The summed E-state index contributed by atoms with van der Waals surface area (Å²) in [5.41, 5.74) is 2.07. The predicted molar refractivity (Wildman–Crippen MR) is 70.2 cm³/mol. The molecule has 2 rings (SSSR count). The Hall–Kier alpha value is -1.55. The Labute approximate surface area is 107 Å². The minimum Gasteiger partial charge on any atom is -0.478 e. The predicted octanol–water partition coefficient (Wildman–Crippen LogP) is 2.53. The molecule has 1 aromatic rings. The highest BCUT2D eigenvalue weighted by Gasteiger charge is 2.16. The monoisotopic (exact) mass is 249 g/mol. The van der Waals surface area contributed by atoms with E-state index in [9.17, 15) is 4.79 Å². The molecule has 1 fully saturated rings. The van der Waals surface area contributed by atoms with Gasteiger partial charge < -0.3 is 15.2 Å². The van der Waals surface area contributed by atoms with Crippen molar-refractivity contribution in [3.63, 3.8) is 0 Å². The molecule has 0 aromatic heterocycles. The van der Waals surface area contributed by atoms with E-state index in [0.29, 0.717) is 11.5 Å². The number of rotatable bonds is 4. The molecule has 1 heterocycles. The van der Waals surface area contributed by atoms with Gasteiger partial charge in [-0.15, -0.1) is 0 Å². The van der Waals surface area contributed by atoms with E-state index in [1.165, 1.54) is 0 Å². The lowest BCUT2D eigenvalue weighted by atomic mass is 9.99. The van der Waals surface area contributed by atoms with Gasteiger partial charge in [-0.25, -0.2) is 4.79 Å². The molecule has 0 amide bonds. The van der Waals surface area contributed by atoms with Crippen LogP contribution in [-0.2, 0) is 4.74 Å². The van der Waals surface area contributed by atoms with Gasteiger partial charge in [0.25, 0.3) is 0 Å². The Balaban J connectivity index is 2.05. The Morgan fingerprint density at radius 3 is 2.83 bits per heavy atom. The highest BCUT2D eigenvalue weighted by atomic mass is 16.5. The van der Waals surface area contributed by atoms with Crippen molar-refractivity contribution in [3.8, 4) is 0 Å². The van der Waals surface area contributed by atoms with Crippen molar-refractivity contribution < 1.29 is 14.6 Å². The van der Waals surface area contributed by atoms with Crippen LogP contribution in [0.5, 0.6) is 0 Å². The minimum atomic E-state index is -0.881. The summed E-state index contributed by atoms with van der Waals surface area (Å²) in [7, 11) is 0. The third-order valence-corrected chi connectivity index (χ3v) is 3.41. The first-order valence-electron chi connectivity index (χ1n) is 6.33. The highest BCUT2D eigenvalue weighted by Crippen LogP contribution is 2.22. The number of benzene rings is 1. The zero-order valence-electron chi connectivity index (χ0n) is 10.6. The van der Waals surface area contributed by atoms with Gasteiger partial charge in [-0.3, -0.25) is 0 Å². The van der Waals surface area contributed by atoms with Gasteiger partial charge >= 0.3 is 5.97 Å². The number of carbonyl (C=O) groups is 1. The number of para-hydroxylation sites is 1. The average Bonchev–Trinajstić information content (AvgIpc) is 2.38. The van der Waals surface area contributed by atoms with E-state index >= 15 is 0 Å². The van der Waals surface area contributed by atoms with E-state index < -0.39 is 5.97 Å². The molecule has 0 radical (unpaired) electrons. The van der Waals surface area contributed by atoms with Crippen LogP contribution in [-0.4, -0.2) is 30.8 Å². The van der Waals surface area contributed by atoms with Crippen molar-refractivity contribution in [3.05, 3.63) is 29.3 Å². The van der Waals surface area contributed by atoms with Crippen LogP contribution >= 0.6 is 0 Å². The standard InChI is InChI=1S/C14H19NO3/c1-10-3-2-4-12(14(16)17)13(10)15-9-11-5-7-18-8-6-11/h2-4,11,15H,5-9H2,1H3,(H,16,17). The fourth-order valence-electron chi connectivity index (χ4n) is 2.28. The molecular weight excluding hydrogens is 230 g/mol. The van der Waals surface area contributed by atoms with Crippen LogP contribution in [0.3, 0.4) is 0 Å². The Morgan fingerprint density at radius 1 is 1.44 bits per heavy atom. The molecule has 98 valence electrons.